The summed E-state index contributed by atoms with van der Waals surface area (Å²) in [5, 5.41) is 20.9. The first-order valence-corrected chi connectivity index (χ1v) is 7.59. The molecule has 1 atom stereocenters. The molecule has 1 saturated carbocycles. The van der Waals surface area contributed by atoms with Gasteiger partial charge in [-0.25, -0.2) is 9.48 Å². The molecule has 1 aromatic rings. The number of rotatable bonds is 6. The Hall–Kier alpha value is -1.46. The standard InChI is InChI=1S/C14H24N4O2/c1-10(2)13(14(19)20)18-12(15-16-17-18)9-8-11-6-4-3-5-7-11/h10-11,13H,3-9H2,1-2H3,(H,19,20). The molecule has 20 heavy (non-hydrogen) atoms. The van der Waals surface area contributed by atoms with E-state index >= 15 is 0 Å². The van der Waals surface area contributed by atoms with Crippen LogP contribution in [-0.4, -0.2) is 31.3 Å². The van der Waals surface area contributed by atoms with E-state index in [2.05, 4.69) is 15.5 Å². The molecule has 1 fully saturated rings. The number of hydrogen-bond acceptors (Lipinski definition) is 4. The third-order valence-corrected chi connectivity index (χ3v) is 4.21. The lowest BCUT2D eigenvalue weighted by atomic mass is 9.86. The smallest absolute Gasteiger partial charge is 0.328 e. The topological polar surface area (TPSA) is 80.9 Å². The molecular formula is C14H24N4O2. The number of carboxylic acid groups (broad SMARTS) is 1. The molecule has 112 valence electrons. The molecule has 0 spiro atoms. The van der Waals surface area contributed by atoms with Crippen molar-refractivity contribution in [1.82, 2.24) is 20.2 Å². The molecular weight excluding hydrogens is 256 g/mol. The van der Waals surface area contributed by atoms with Crippen LogP contribution in [0.3, 0.4) is 0 Å². The normalized spacial score (nSPS) is 18.4. The van der Waals surface area contributed by atoms with Crippen LogP contribution in [0.25, 0.3) is 0 Å². The third-order valence-electron chi connectivity index (χ3n) is 4.21. The molecule has 1 heterocycles. The lowest BCUT2D eigenvalue weighted by Gasteiger charge is -2.22. The predicted octanol–water partition coefficient (Wildman–Crippen LogP) is 2.47. The van der Waals surface area contributed by atoms with Gasteiger partial charge in [-0.15, -0.1) is 5.10 Å². The third kappa shape index (κ3) is 3.55. The van der Waals surface area contributed by atoms with Gasteiger partial charge in [-0.05, 0) is 28.7 Å². The fraction of sp³-hybridized carbons (Fsp3) is 0.857. The highest BCUT2D eigenvalue weighted by atomic mass is 16.4. The van der Waals surface area contributed by atoms with Crippen LogP contribution in [0.1, 0.15) is 64.2 Å². The number of aromatic nitrogens is 4. The number of nitrogens with zero attached hydrogens (tertiary/aromatic N) is 4. The van der Waals surface area contributed by atoms with Gasteiger partial charge in [0.25, 0.3) is 0 Å². The lowest BCUT2D eigenvalue weighted by Crippen LogP contribution is -2.27. The number of carbonyl (C=O) groups is 1. The summed E-state index contributed by atoms with van der Waals surface area (Å²) in [6.07, 6.45) is 8.39. The van der Waals surface area contributed by atoms with Crippen LogP contribution < -0.4 is 0 Å². The Kier molecular flexibility index (Phi) is 5.09. The number of aryl methyl sites for hydroxylation is 1. The Morgan fingerprint density at radius 3 is 2.65 bits per heavy atom. The molecule has 2 rings (SSSR count). The van der Waals surface area contributed by atoms with E-state index in [9.17, 15) is 9.90 Å². The van der Waals surface area contributed by atoms with Crippen LogP contribution >= 0.6 is 0 Å². The van der Waals surface area contributed by atoms with Crippen molar-refractivity contribution in [2.45, 2.75) is 64.8 Å². The molecule has 0 saturated heterocycles. The second-order valence-corrected chi connectivity index (χ2v) is 6.11. The molecule has 0 bridgehead atoms. The average Bonchev–Trinajstić information content (AvgIpc) is 2.85. The zero-order valence-electron chi connectivity index (χ0n) is 12.3. The largest absolute Gasteiger partial charge is 0.480 e. The number of hydrogen-bond donors (Lipinski definition) is 1. The van der Waals surface area contributed by atoms with Crippen LogP contribution in [0, 0.1) is 11.8 Å². The lowest BCUT2D eigenvalue weighted by molar-refractivity contribution is -0.142. The minimum absolute atomic E-state index is 0.0376. The predicted molar refractivity (Wildman–Crippen MR) is 74.2 cm³/mol. The quantitative estimate of drug-likeness (QED) is 0.865. The van der Waals surface area contributed by atoms with Gasteiger partial charge in [-0.2, -0.15) is 0 Å². The van der Waals surface area contributed by atoms with Crippen LogP contribution in [-0.2, 0) is 11.2 Å². The second kappa shape index (κ2) is 6.81. The Morgan fingerprint density at radius 1 is 1.35 bits per heavy atom. The maximum absolute atomic E-state index is 11.4. The average molecular weight is 280 g/mol. The molecule has 1 aliphatic carbocycles. The fourth-order valence-corrected chi connectivity index (χ4v) is 3.07. The van der Waals surface area contributed by atoms with Crippen LogP contribution in [0.15, 0.2) is 0 Å². The molecule has 0 radical (unpaired) electrons. The summed E-state index contributed by atoms with van der Waals surface area (Å²) in [5.41, 5.74) is 0. The van der Waals surface area contributed by atoms with Crippen LogP contribution in [0.4, 0.5) is 0 Å². The summed E-state index contributed by atoms with van der Waals surface area (Å²) in [6, 6.07) is -0.675. The van der Waals surface area contributed by atoms with Gasteiger partial charge in [0.15, 0.2) is 11.9 Å². The molecule has 6 nitrogen and oxygen atoms in total. The number of carboxylic acids is 1. The number of tetrazole rings is 1. The van der Waals surface area contributed by atoms with Crippen molar-refractivity contribution >= 4 is 5.97 Å². The first-order chi connectivity index (χ1) is 9.59. The van der Waals surface area contributed by atoms with Crippen molar-refractivity contribution < 1.29 is 9.90 Å². The zero-order valence-corrected chi connectivity index (χ0v) is 12.3. The number of aliphatic carboxylic acids is 1. The summed E-state index contributed by atoms with van der Waals surface area (Å²) in [6.45, 7) is 3.76. The summed E-state index contributed by atoms with van der Waals surface area (Å²) in [7, 11) is 0. The van der Waals surface area contributed by atoms with Gasteiger partial charge in [-0.1, -0.05) is 46.0 Å². The Labute approximate surface area is 119 Å². The molecule has 1 aromatic heterocycles. The van der Waals surface area contributed by atoms with Gasteiger partial charge in [0.1, 0.15) is 0 Å². The first-order valence-electron chi connectivity index (χ1n) is 7.59. The molecule has 0 aromatic carbocycles. The summed E-state index contributed by atoms with van der Waals surface area (Å²) >= 11 is 0. The van der Waals surface area contributed by atoms with Crippen molar-refractivity contribution in [2.24, 2.45) is 11.8 Å². The summed E-state index contributed by atoms with van der Waals surface area (Å²) in [4.78, 5) is 11.4. The van der Waals surface area contributed by atoms with E-state index in [1.54, 1.807) is 0 Å². The van der Waals surface area contributed by atoms with E-state index in [0.717, 1.165) is 18.8 Å². The van der Waals surface area contributed by atoms with Gasteiger partial charge >= 0.3 is 5.97 Å². The van der Waals surface area contributed by atoms with E-state index < -0.39 is 12.0 Å². The monoisotopic (exact) mass is 280 g/mol. The molecule has 1 aliphatic rings. The highest BCUT2D eigenvalue weighted by Crippen LogP contribution is 2.27. The van der Waals surface area contributed by atoms with Gasteiger partial charge in [-0.3, -0.25) is 0 Å². The van der Waals surface area contributed by atoms with Gasteiger partial charge in [0.2, 0.25) is 0 Å². The van der Waals surface area contributed by atoms with E-state index in [-0.39, 0.29) is 5.92 Å². The highest BCUT2D eigenvalue weighted by molar-refractivity contribution is 5.72. The minimum atomic E-state index is -0.869. The first kappa shape index (κ1) is 14.9. The van der Waals surface area contributed by atoms with Gasteiger partial charge < -0.3 is 5.11 Å². The van der Waals surface area contributed by atoms with Crippen molar-refractivity contribution in [2.75, 3.05) is 0 Å². The summed E-state index contributed by atoms with van der Waals surface area (Å²) in [5.74, 6) is 0.545. The molecule has 6 heteroatoms. The summed E-state index contributed by atoms with van der Waals surface area (Å²) < 4.78 is 1.50. The minimum Gasteiger partial charge on any atom is -0.480 e. The van der Waals surface area contributed by atoms with Crippen molar-refractivity contribution in [1.29, 1.82) is 0 Å². The van der Waals surface area contributed by atoms with Crippen LogP contribution in [0.2, 0.25) is 0 Å². The highest BCUT2D eigenvalue weighted by Gasteiger charge is 2.27. The second-order valence-electron chi connectivity index (χ2n) is 6.11. The van der Waals surface area contributed by atoms with Crippen molar-refractivity contribution in [3.63, 3.8) is 0 Å². The maximum Gasteiger partial charge on any atom is 0.328 e. The van der Waals surface area contributed by atoms with E-state index in [4.69, 9.17) is 0 Å². The fourth-order valence-electron chi connectivity index (χ4n) is 3.07. The van der Waals surface area contributed by atoms with Gasteiger partial charge in [0.05, 0.1) is 0 Å². The molecule has 0 amide bonds. The van der Waals surface area contributed by atoms with E-state index in [1.807, 2.05) is 13.8 Å². The van der Waals surface area contributed by atoms with E-state index in [1.165, 1.54) is 36.8 Å². The van der Waals surface area contributed by atoms with Gasteiger partial charge in [0, 0.05) is 6.42 Å². The van der Waals surface area contributed by atoms with Crippen LogP contribution in [0.5, 0.6) is 0 Å². The van der Waals surface area contributed by atoms with E-state index in [0.29, 0.717) is 5.82 Å². The Morgan fingerprint density at radius 2 is 2.05 bits per heavy atom. The Balaban J connectivity index is 2.01. The molecule has 1 N–H and O–H groups in total. The molecule has 1 unspecified atom stereocenters. The van der Waals surface area contributed by atoms with Crippen molar-refractivity contribution in [3.8, 4) is 0 Å². The molecule has 0 aliphatic heterocycles. The van der Waals surface area contributed by atoms with Crippen molar-refractivity contribution in [3.05, 3.63) is 5.82 Å². The SMILES string of the molecule is CC(C)C(C(=O)O)n1nnnc1CCC1CCCCC1. The Bertz CT molecular complexity index is 438. The maximum atomic E-state index is 11.4. The zero-order chi connectivity index (χ0) is 14.5.